The lowest BCUT2D eigenvalue weighted by Crippen LogP contribution is -2.39. The molecule has 1 saturated heterocycles. The maximum absolute atomic E-state index is 14.1. The summed E-state index contributed by atoms with van der Waals surface area (Å²) in [5.41, 5.74) is 3.90. The van der Waals surface area contributed by atoms with E-state index in [2.05, 4.69) is 15.5 Å². The molecule has 4 rings (SSSR count). The number of aromatic amines is 1. The number of piperidine rings is 1. The molecular formula is C20H24F2N4O. The molecule has 0 bridgehead atoms. The minimum absolute atomic E-state index is 0.0335. The smallest absolute Gasteiger partial charge is 0.274 e. The number of amides is 1. The molecule has 2 aromatic rings. The molecular weight excluding hydrogens is 350 g/mol. The summed E-state index contributed by atoms with van der Waals surface area (Å²) in [7, 11) is 0. The number of benzene rings is 1. The molecule has 0 aliphatic carbocycles. The van der Waals surface area contributed by atoms with E-state index in [1.807, 2.05) is 11.8 Å². The van der Waals surface area contributed by atoms with Crippen molar-refractivity contribution in [3.63, 3.8) is 0 Å². The van der Waals surface area contributed by atoms with Crippen molar-refractivity contribution in [2.75, 3.05) is 19.6 Å². The third-order valence-electron chi connectivity index (χ3n) is 5.82. The Morgan fingerprint density at radius 1 is 1.30 bits per heavy atom. The van der Waals surface area contributed by atoms with Gasteiger partial charge in [0.1, 0.15) is 0 Å². The van der Waals surface area contributed by atoms with Gasteiger partial charge in [-0.2, -0.15) is 5.10 Å². The van der Waals surface area contributed by atoms with E-state index < -0.39 is 11.6 Å². The molecule has 3 heterocycles. The molecule has 2 aliphatic rings. The number of hydrogen-bond acceptors (Lipinski definition) is 3. The molecule has 1 aromatic carbocycles. The van der Waals surface area contributed by atoms with Gasteiger partial charge in [0.25, 0.3) is 5.91 Å². The summed E-state index contributed by atoms with van der Waals surface area (Å²) in [4.78, 5) is 14.7. The Morgan fingerprint density at radius 3 is 2.81 bits per heavy atom. The van der Waals surface area contributed by atoms with Crippen LogP contribution in [0.2, 0.25) is 0 Å². The molecule has 1 aromatic heterocycles. The van der Waals surface area contributed by atoms with Gasteiger partial charge in [-0.15, -0.1) is 0 Å². The SMILES string of the molecule is CCc1c(C2CCN(C(=O)c3n[nH]c4c3CCNC4)CC2)ccc(F)c1F. The molecule has 0 saturated carbocycles. The number of aromatic nitrogens is 2. The first kappa shape index (κ1) is 18.1. The Bertz CT molecular complexity index is 856. The maximum atomic E-state index is 14.1. The number of likely N-dealkylation sites (tertiary alicyclic amines) is 1. The number of fused-ring (bicyclic) bond motifs is 1. The molecule has 7 heteroatoms. The summed E-state index contributed by atoms with van der Waals surface area (Å²) in [6, 6.07) is 2.92. The van der Waals surface area contributed by atoms with Crippen LogP contribution in [0.5, 0.6) is 0 Å². The zero-order valence-corrected chi connectivity index (χ0v) is 15.4. The number of halogens is 2. The van der Waals surface area contributed by atoms with Crippen LogP contribution in [0.4, 0.5) is 8.78 Å². The van der Waals surface area contributed by atoms with Gasteiger partial charge in [-0.25, -0.2) is 8.78 Å². The highest BCUT2D eigenvalue weighted by Gasteiger charge is 2.30. The van der Waals surface area contributed by atoms with Crippen LogP contribution in [0.25, 0.3) is 0 Å². The fourth-order valence-electron chi connectivity index (χ4n) is 4.31. The summed E-state index contributed by atoms with van der Waals surface area (Å²) in [5, 5.41) is 10.5. The number of nitrogens with zero attached hydrogens (tertiary/aromatic N) is 2. The van der Waals surface area contributed by atoms with Gasteiger partial charge in [0, 0.05) is 25.2 Å². The molecule has 27 heavy (non-hydrogen) atoms. The first-order valence-electron chi connectivity index (χ1n) is 9.63. The fourth-order valence-corrected chi connectivity index (χ4v) is 4.31. The summed E-state index contributed by atoms with van der Waals surface area (Å²) >= 11 is 0. The number of carbonyl (C=O) groups excluding carboxylic acids is 1. The molecule has 5 nitrogen and oxygen atoms in total. The number of hydrogen-bond donors (Lipinski definition) is 2. The van der Waals surface area contributed by atoms with Gasteiger partial charge in [0.2, 0.25) is 0 Å². The molecule has 1 amide bonds. The highest BCUT2D eigenvalue weighted by Crippen LogP contribution is 2.33. The standard InChI is InChI=1S/C20H24F2N4O/c1-2-13-14(3-4-16(21)18(13)22)12-6-9-26(10-7-12)20(27)19-15-5-8-23-11-17(15)24-25-19/h3-4,12,23H,2,5-11H2,1H3,(H,24,25). The molecule has 1 fully saturated rings. The monoisotopic (exact) mass is 374 g/mol. The van der Waals surface area contributed by atoms with Crippen molar-refractivity contribution >= 4 is 5.91 Å². The Morgan fingerprint density at radius 2 is 2.07 bits per heavy atom. The molecule has 0 unspecified atom stereocenters. The average molecular weight is 374 g/mol. The number of H-pyrrole nitrogens is 1. The quantitative estimate of drug-likeness (QED) is 0.868. The van der Waals surface area contributed by atoms with Crippen LogP contribution in [-0.2, 0) is 19.4 Å². The molecule has 144 valence electrons. The lowest BCUT2D eigenvalue weighted by Gasteiger charge is -2.33. The second-order valence-corrected chi connectivity index (χ2v) is 7.31. The van der Waals surface area contributed by atoms with Crippen LogP contribution in [0.1, 0.15) is 58.6 Å². The van der Waals surface area contributed by atoms with Gasteiger partial charge in [0.15, 0.2) is 17.3 Å². The van der Waals surface area contributed by atoms with E-state index in [0.29, 0.717) is 37.3 Å². The lowest BCUT2D eigenvalue weighted by atomic mass is 9.85. The third-order valence-corrected chi connectivity index (χ3v) is 5.82. The summed E-state index contributed by atoms with van der Waals surface area (Å²) in [5.74, 6) is -1.41. The Labute approximate surface area is 157 Å². The van der Waals surface area contributed by atoms with Crippen molar-refractivity contribution in [3.8, 4) is 0 Å². The van der Waals surface area contributed by atoms with Crippen molar-refractivity contribution in [3.05, 3.63) is 51.8 Å². The van der Waals surface area contributed by atoms with E-state index in [1.165, 1.54) is 6.07 Å². The first-order chi connectivity index (χ1) is 13.1. The van der Waals surface area contributed by atoms with E-state index in [-0.39, 0.29) is 11.8 Å². The van der Waals surface area contributed by atoms with Crippen LogP contribution in [0.3, 0.4) is 0 Å². The van der Waals surface area contributed by atoms with E-state index in [9.17, 15) is 13.6 Å². The van der Waals surface area contributed by atoms with E-state index >= 15 is 0 Å². The van der Waals surface area contributed by atoms with Crippen LogP contribution < -0.4 is 5.32 Å². The van der Waals surface area contributed by atoms with Crippen LogP contribution in [-0.4, -0.2) is 40.6 Å². The summed E-state index contributed by atoms with van der Waals surface area (Å²) < 4.78 is 27.6. The Hall–Kier alpha value is -2.28. The maximum Gasteiger partial charge on any atom is 0.274 e. The lowest BCUT2D eigenvalue weighted by molar-refractivity contribution is 0.0705. The minimum Gasteiger partial charge on any atom is -0.337 e. The second kappa shape index (κ2) is 7.38. The van der Waals surface area contributed by atoms with Crippen molar-refractivity contribution in [1.82, 2.24) is 20.4 Å². The van der Waals surface area contributed by atoms with E-state index in [0.717, 1.165) is 42.6 Å². The van der Waals surface area contributed by atoms with Gasteiger partial charge >= 0.3 is 0 Å². The fraction of sp³-hybridized carbons (Fsp3) is 0.500. The molecule has 2 N–H and O–H groups in total. The van der Waals surface area contributed by atoms with E-state index in [1.54, 1.807) is 6.07 Å². The molecule has 2 aliphatic heterocycles. The van der Waals surface area contributed by atoms with Gasteiger partial charge in [0.05, 0.1) is 5.69 Å². The number of carbonyl (C=O) groups is 1. The van der Waals surface area contributed by atoms with E-state index in [4.69, 9.17) is 0 Å². The highest BCUT2D eigenvalue weighted by atomic mass is 19.2. The number of nitrogens with one attached hydrogen (secondary N) is 2. The predicted molar refractivity (Wildman–Crippen MR) is 97.6 cm³/mol. The van der Waals surface area contributed by atoms with Crippen molar-refractivity contribution in [2.45, 2.75) is 45.1 Å². The molecule has 0 atom stereocenters. The Kier molecular flexibility index (Phi) is 4.95. The second-order valence-electron chi connectivity index (χ2n) is 7.31. The predicted octanol–water partition coefficient (Wildman–Crippen LogP) is 2.92. The van der Waals surface area contributed by atoms with Crippen LogP contribution in [0.15, 0.2) is 12.1 Å². The summed E-state index contributed by atoms with van der Waals surface area (Å²) in [6.45, 7) is 4.62. The average Bonchev–Trinajstić information content (AvgIpc) is 3.13. The highest BCUT2D eigenvalue weighted by molar-refractivity contribution is 5.94. The van der Waals surface area contributed by atoms with Crippen LogP contribution in [0, 0.1) is 11.6 Å². The molecule has 0 spiro atoms. The van der Waals surface area contributed by atoms with Crippen molar-refractivity contribution in [2.24, 2.45) is 0 Å². The largest absolute Gasteiger partial charge is 0.337 e. The first-order valence-corrected chi connectivity index (χ1v) is 9.63. The zero-order valence-electron chi connectivity index (χ0n) is 15.4. The minimum atomic E-state index is -0.791. The molecule has 0 radical (unpaired) electrons. The zero-order chi connectivity index (χ0) is 19.0. The van der Waals surface area contributed by atoms with Gasteiger partial charge in [-0.3, -0.25) is 9.89 Å². The summed E-state index contributed by atoms with van der Waals surface area (Å²) in [6.07, 6.45) is 2.76. The Balaban J connectivity index is 1.47. The van der Waals surface area contributed by atoms with Crippen molar-refractivity contribution < 1.29 is 13.6 Å². The van der Waals surface area contributed by atoms with Gasteiger partial charge in [-0.1, -0.05) is 13.0 Å². The van der Waals surface area contributed by atoms with Crippen molar-refractivity contribution in [1.29, 1.82) is 0 Å². The normalized spacial score (nSPS) is 17.8. The van der Waals surface area contributed by atoms with Gasteiger partial charge < -0.3 is 10.2 Å². The van der Waals surface area contributed by atoms with Gasteiger partial charge in [-0.05, 0) is 55.3 Å². The number of rotatable bonds is 3. The van der Waals surface area contributed by atoms with Crippen LogP contribution >= 0.6 is 0 Å². The third kappa shape index (κ3) is 3.25. The topological polar surface area (TPSA) is 61.0 Å².